The molecule has 31 heavy (non-hydrogen) atoms. The quantitative estimate of drug-likeness (QED) is 0.420. The van der Waals surface area contributed by atoms with Gasteiger partial charge in [-0.05, 0) is 98.1 Å². The maximum absolute atomic E-state index is 12.9. The number of amides is 2. The third-order valence-electron chi connectivity index (χ3n) is 5.35. The molecule has 6 heteroatoms. The van der Waals surface area contributed by atoms with Gasteiger partial charge in [0, 0.05) is 22.1 Å². The Balaban J connectivity index is 1.64. The van der Waals surface area contributed by atoms with E-state index in [2.05, 4.69) is 42.7 Å². The van der Waals surface area contributed by atoms with Crippen molar-refractivity contribution in [1.82, 2.24) is 9.47 Å². The summed E-state index contributed by atoms with van der Waals surface area (Å²) in [5.74, 6) is -0.263. The summed E-state index contributed by atoms with van der Waals surface area (Å²) in [6, 6.07) is 15.7. The number of halogens is 1. The van der Waals surface area contributed by atoms with Crippen molar-refractivity contribution in [3.05, 3.63) is 92.1 Å². The lowest BCUT2D eigenvalue weighted by atomic mass is 10.1. The van der Waals surface area contributed by atoms with Crippen molar-refractivity contribution in [2.45, 2.75) is 34.2 Å². The monoisotopic (exact) mass is 450 g/mol. The minimum Gasteiger partial charge on any atom is -0.318 e. The Labute approximate surface area is 191 Å². The first-order valence-corrected chi connectivity index (χ1v) is 11.2. The molecule has 0 atom stereocenters. The van der Waals surface area contributed by atoms with Crippen molar-refractivity contribution in [3.63, 3.8) is 0 Å². The summed E-state index contributed by atoms with van der Waals surface area (Å²) in [4.78, 5) is 27.2. The molecule has 3 aromatic rings. The van der Waals surface area contributed by atoms with E-state index in [9.17, 15) is 9.59 Å². The van der Waals surface area contributed by atoms with E-state index in [0.29, 0.717) is 9.93 Å². The lowest BCUT2D eigenvalue weighted by Crippen LogP contribution is -2.27. The van der Waals surface area contributed by atoms with Crippen LogP contribution < -0.4 is 0 Å². The lowest BCUT2D eigenvalue weighted by molar-refractivity contribution is -0.123. The summed E-state index contributed by atoms with van der Waals surface area (Å²) in [5, 5.41) is 0.367. The number of aromatic nitrogens is 1. The van der Waals surface area contributed by atoms with E-state index in [1.165, 1.54) is 16.0 Å². The van der Waals surface area contributed by atoms with Gasteiger partial charge < -0.3 is 4.57 Å². The van der Waals surface area contributed by atoms with Crippen molar-refractivity contribution in [1.29, 1.82) is 0 Å². The van der Waals surface area contributed by atoms with Crippen LogP contribution in [0.3, 0.4) is 0 Å². The molecule has 0 unspecified atom stereocenters. The highest BCUT2D eigenvalue weighted by molar-refractivity contribution is 8.18. The Kier molecular flexibility index (Phi) is 5.82. The first-order chi connectivity index (χ1) is 14.7. The van der Waals surface area contributed by atoms with Crippen LogP contribution in [-0.4, -0.2) is 20.6 Å². The van der Waals surface area contributed by atoms with E-state index in [-0.39, 0.29) is 17.7 Å². The maximum Gasteiger partial charge on any atom is 0.293 e. The Morgan fingerprint density at radius 1 is 0.935 bits per heavy atom. The lowest BCUT2D eigenvalue weighted by Gasteiger charge is -2.12. The number of carbonyl (C=O) groups excluding carboxylic acids is 2. The molecule has 0 saturated carbocycles. The smallest absolute Gasteiger partial charge is 0.293 e. The van der Waals surface area contributed by atoms with Gasteiger partial charge in [-0.2, -0.15) is 0 Å². The number of rotatable bonds is 4. The molecule has 1 aromatic heterocycles. The summed E-state index contributed by atoms with van der Waals surface area (Å²) in [5.41, 5.74) is 7.42. The third-order valence-corrected chi connectivity index (χ3v) is 6.51. The van der Waals surface area contributed by atoms with Crippen LogP contribution in [-0.2, 0) is 11.3 Å². The van der Waals surface area contributed by atoms with Gasteiger partial charge in [-0.25, -0.2) is 0 Å². The highest BCUT2D eigenvalue weighted by Gasteiger charge is 2.35. The molecule has 0 bridgehead atoms. The molecular formula is C25H23ClN2O2S. The first kappa shape index (κ1) is 21.5. The number of aryl methyl sites for hydroxylation is 3. The van der Waals surface area contributed by atoms with Crippen LogP contribution in [0.2, 0.25) is 5.02 Å². The molecule has 0 N–H and O–H groups in total. The van der Waals surface area contributed by atoms with E-state index in [0.717, 1.165) is 40.0 Å². The Morgan fingerprint density at radius 2 is 1.58 bits per heavy atom. The number of thioether (sulfide) groups is 1. The fourth-order valence-corrected chi connectivity index (χ4v) is 4.92. The predicted octanol–water partition coefficient (Wildman–Crippen LogP) is 6.60. The van der Waals surface area contributed by atoms with Crippen LogP contribution in [0.15, 0.2) is 53.4 Å². The molecule has 1 aliphatic rings. The van der Waals surface area contributed by atoms with Gasteiger partial charge in [-0.15, -0.1) is 0 Å². The van der Waals surface area contributed by atoms with Crippen LogP contribution in [0.4, 0.5) is 4.79 Å². The van der Waals surface area contributed by atoms with Gasteiger partial charge >= 0.3 is 0 Å². The zero-order chi connectivity index (χ0) is 22.3. The average molecular weight is 451 g/mol. The normalized spacial score (nSPS) is 15.4. The number of hydrogen-bond acceptors (Lipinski definition) is 3. The first-order valence-electron chi connectivity index (χ1n) is 10.0. The second-order valence-corrected chi connectivity index (χ2v) is 9.33. The maximum atomic E-state index is 12.9. The summed E-state index contributed by atoms with van der Waals surface area (Å²) in [7, 11) is 0. The summed E-state index contributed by atoms with van der Waals surface area (Å²) < 4.78 is 2.18. The molecule has 2 aromatic carbocycles. The molecule has 1 fully saturated rings. The number of hydrogen-bond donors (Lipinski definition) is 0. The van der Waals surface area contributed by atoms with Gasteiger partial charge in [0.15, 0.2) is 0 Å². The highest BCUT2D eigenvalue weighted by atomic mass is 35.5. The van der Waals surface area contributed by atoms with Crippen molar-refractivity contribution in [2.24, 2.45) is 0 Å². The second kappa shape index (κ2) is 8.40. The van der Waals surface area contributed by atoms with Crippen molar-refractivity contribution < 1.29 is 9.59 Å². The van der Waals surface area contributed by atoms with Gasteiger partial charge in [0.2, 0.25) is 0 Å². The minimum atomic E-state index is -0.263. The molecule has 2 heterocycles. The summed E-state index contributed by atoms with van der Waals surface area (Å²) in [6.45, 7) is 8.49. The van der Waals surface area contributed by atoms with Crippen LogP contribution in [0.1, 0.15) is 33.6 Å². The van der Waals surface area contributed by atoms with Gasteiger partial charge in [-0.1, -0.05) is 29.8 Å². The molecule has 0 aliphatic carbocycles. The van der Waals surface area contributed by atoms with E-state index < -0.39 is 0 Å². The topological polar surface area (TPSA) is 42.3 Å². The SMILES string of the molecule is Cc1cc(C)cc(-n2c(C)cc(/C=C3\SC(=O)N(Cc4ccc(Cl)cc4)C3=O)c2C)c1. The van der Waals surface area contributed by atoms with Gasteiger partial charge in [-0.3, -0.25) is 14.5 Å². The molecule has 4 nitrogen and oxygen atoms in total. The summed E-state index contributed by atoms with van der Waals surface area (Å²) in [6.07, 6.45) is 1.83. The fraction of sp³-hybridized carbons (Fsp3) is 0.200. The second-order valence-electron chi connectivity index (χ2n) is 7.90. The molecule has 4 rings (SSSR count). The van der Waals surface area contributed by atoms with E-state index in [1.54, 1.807) is 12.1 Å². The number of benzene rings is 2. The zero-order valence-corrected chi connectivity index (χ0v) is 19.5. The zero-order valence-electron chi connectivity index (χ0n) is 17.9. The minimum absolute atomic E-state index is 0.237. The summed E-state index contributed by atoms with van der Waals surface area (Å²) >= 11 is 6.91. The van der Waals surface area contributed by atoms with Crippen molar-refractivity contribution in [3.8, 4) is 5.69 Å². The van der Waals surface area contributed by atoms with Crippen LogP contribution in [0.5, 0.6) is 0 Å². The van der Waals surface area contributed by atoms with E-state index in [1.807, 2.05) is 32.1 Å². The van der Waals surface area contributed by atoms with Gasteiger partial charge in [0.25, 0.3) is 11.1 Å². The van der Waals surface area contributed by atoms with E-state index >= 15 is 0 Å². The average Bonchev–Trinajstić information content (AvgIpc) is 3.12. The predicted molar refractivity (Wildman–Crippen MR) is 128 cm³/mol. The van der Waals surface area contributed by atoms with Gasteiger partial charge in [0.1, 0.15) is 0 Å². The van der Waals surface area contributed by atoms with Crippen molar-refractivity contribution >= 4 is 40.6 Å². The molecule has 0 radical (unpaired) electrons. The molecule has 0 spiro atoms. The highest BCUT2D eigenvalue weighted by Crippen LogP contribution is 2.35. The fourth-order valence-electron chi connectivity index (χ4n) is 3.96. The van der Waals surface area contributed by atoms with Gasteiger partial charge in [0.05, 0.1) is 11.4 Å². The number of nitrogens with zero attached hydrogens (tertiary/aromatic N) is 2. The standard InChI is InChI=1S/C25H23ClN2O2S/c1-15-9-16(2)11-22(10-15)28-17(3)12-20(18(28)4)13-23-24(29)27(25(30)31-23)14-19-5-7-21(26)8-6-19/h5-13H,14H2,1-4H3/b23-13-. The molecule has 158 valence electrons. The Morgan fingerprint density at radius 3 is 2.23 bits per heavy atom. The van der Waals surface area contributed by atoms with Crippen LogP contribution >= 0.6 is 23.4 Å². The van der Waals surface area contributed by atoms with Crippen molar-refractivity contribution in [2.75, 3.05) is 0 Å². The van der Waals surface area contributed by atoms with Crippen LogP contribution in [0.25, 0.3) is 11.8 Å². The van der Waals surface area contributed by atoms with Crippen LogP contribution in [0, 0.1) is 27.7 Å². The third kappa shape index (κ3) is 4.34. The number of imide groups is 1. The van der Waals surface area contributed by atoms with E-state index in [4.69, 9.17) is 11.6 Å². The Hall–Kier alpha value is -2.76. The molecule has 1 saturated heterocycles. The number of carbonyl (C=O) groups is 2. The molecule has 1 aliphatic heterocycles. The molecular weight excluding hydrogens is 428 g/mol. The Bertz CT molecular complexity index is 1200. The largest absolute Gasteiger partial charge is 0.318 e. The molecule has 2 amide bonds.